The lowest BCUT2D eigenvalue weighted by Gasteiger charge is -2.06. The topological polar surface area (TPSA) is 68.3 Å². The quantitative estimate of drug-likeness (QED) is 0.593. The number of halogens is 1. The third-order valence-electron chi connectivity index (χ3n) is 1.66. The van der Waals surface area contributed by atoms with E-state index in [1.165, 1.54) is 0 Å². The van der Waals surface area contributed by atoms with Crippen molar-refractivity contribution < 1.29 is 9.47 Å². The molecule has 78 valence electrons. The van der Waals surface area contributed by atoms with E-state index in [9.17, 15) is 0 Å². The Hall–Kier alpha value is -1.42. The Morgan fingerprint density at radius 1 is 1.14 bits per heavy atom. The highest BCUT2D eigenvalue weighted by Gasteiger charge is 2.03. The molecule has 14 heavy (non-hydrogen) atoms. The maximum atomic E-state index is 7.25. The van der Waals surface area contributed by atoms with Crippen molar-refractivity contribution in [1.82, 2.24) is 0 Å². The van der Waals surface area contributed by atoms with Crippen LogP contribution < -0.4 is 15.2 Å². The molecule has 5 heteroatoms. The zero-order valence-corrected chi connectivity index (χ0v) is 8.85. The van der Waals surface area contributed by atoms with Gasteiger partial charge >= 0.3 is 0 Å². The highest BCUT2D eigenvalue weighted by molar-refractivity contribution is 5.95. The van der Waals surface area contributed by atoms with Crippen molar-refractivity contribution in [3.8, 4) is 11.5 Å². The second-order valence-electron chi connectivity index (χ2n) is 2.52. The van der Waals surface area contributed by atoms with E-state index in [1.807, 2.05) is 0 Å². The van der Waals surface area contributed by atoms with Gasteiger partial charge in [0, 0.05) is 11.6 Å². The first-order valence-electron chi connectivity index (χ1n) is 3.75. The fourth-order valence-corrected chi connectivity index (χ4v) is 0.963. The Morgan fingerprint density at radius 3 is 1.86 bits per heavy atom. The molecule has 0 unspecified atom stereocenters. The number of amidine groups is 1. The molecule has 0 aromatic heterocycles. The Labute approximate surface area is 88.9 Å². The number of methoxy groups -OCH3 is 2. The molecule has 0 radical (unpaired) electrons. The smallest absolute Gasteiger partial charge is 0.123 e. The van der Waals surface area contributed by atoms with Crippen LogP contribution in [-0.4, -0.2) is 20.1 Å². The minimum absolute atomic E-state index is 0. The average molecular weight is 217 g/mol. The monoisotopic (exact) mass is 216 g/mol. The summed E-state index contributed by atoms with van der Waals surface area (Å²) in [5.41, 5.74) is 5.93. The molecule has 3 N–H and O–H groups in total. The van der Waals surface area contributed by atoms with Crippen molar-refractivity contribution in [3.05, 3.63) is 23.8 Å². The summed E-state index contributed by atoms with van der Waals surface area (Å²) in [6, 6.07) is 5.10. The van der Waals surface area contributed by atoms with Gasteiger partial charge in [-0.2, -0.15) is 0 Å². The molecular weight excluding hydrogens is 204 g/mol. The lowest BCUT2D eigenvalue weighted by molar-refractivity contribution is 0.394. The Kier molecular flexibility index (Phi) is 4.80. The highest BCUT2D eigenvalue weighted by Crippen LogP contribution is 2.21. The summed E-state index contributed by atoms with van der Waals surface area (Å²) in [4.78, 5) is 0. The molecule has 0 fully saturated rings. The average Bonchev–Trinajstić information content (AvgIpc) is 2.16. The van der Waals surface area contributed by atoms with Crippen LogP contribution in [0.1, 0.15) is 5.56 Å². The molecule has 1 rings (SSSR count). The molecule has 0 bridgehead atoms. The molecule has 0 saturated heterocycles. The van der Waals surface area contributed by atoms with Crippen molar-refractivity contribution in [2.24, 2.45) is 5.73 Å². The van der Waals surface area contributed by atoms with Crippen molar-refractivity contribution in [2.45, 2.75) is 0 Å². The van der Waals surface area contributed by atoms with Crippen molar-refractivity contribution in [3.63, 3.8) is 0 Å². The predicted molar refractivity (Wildman–Crippen MR) is 57.8 cm³/mol. The first kappa shape index (κ1) is 12.6. The van der Waals surface area contributed by atoms with Gasteiger partial charge in [0.15, 0.2) is 0 Å². The van der Waals surface area contributed by atoms with Crippen molar-refractivity contribution in [1.29, 1.82) is 5.41 Å². The summed E-state index contributed by atoms with van der Waals surface area (Å²) in [6.07, 6.45) is 0. The second kappa shape index (κ2) is 5.34. The first-order chi connectivity index (χ1) is 6.17. The lowest BCUT2D eigenvalue weighted by Crippen LogP contribution is -2.11. The van der Waals surface area contributed by atoms with Crippen molar-refractivity contribution in [2.75, 3.05) is 14.2 Å². The van der Waals surface area contributed by atoms with Crippen LogP contribution in [0.3, 0.4) is 0 Å². The van der Waals surface area contributed by atoms with Crippen LogP contribution in [0, 0.1) is 5.41 Å². The van der Waals surface area contributed by atoms with Crippen LogP contribution in [0.4, 0.5) is 0 Å². The molecule has 4 nitrogen and oxygen atoms in total. The van der Waals surface area contributed by atoms with E-state index in [2.05, 4.69) is 0 Å². The maximum absolute atomic E-state index is 7.25. The summed E-state index contributed by atoms with van der Waals surface area (Å²) >= 11 is 0. The number of nitrogens with two attached hydrogens (primary N) is 1. The number of ether oxygens (including phenoxy) is 2. The van der Waals surface area contributed by atoms with Gasteiger partial charge in [0.25, 0.3) is 0 Å². The number of nitrogen functional groups attached to an aromatic ring is 1. The van der Waals surface area contributed by atoms with Gasteiger partial charge in [-0.1, -0.05) is 0 Å². The second-order valence-corrected chi connectivity index (χ2v) is 2.52. The summed E-state index contributed by atoms with van der Waals surface area (Å²) in [5.74, 6) is 1.26. The first-order valence-corrected chi connectivity index (χ1v) is 3.75. The van der Waals surface area contributed by atoms with Gasteiger partial charge in [-0.25, -0.2) is 0 Å². The van der Waals surface area contributed by atoms with Crippen LogP contribution in [0.15, 0.2) is 18.2 Å². The zero-order chi connectivity index (χ0) is 9.84. The minimum Gasteiger partial charge on any atom is -0.497 e. The molecule has 0 atom stereocenters. The molecule has 0 aliphatic rings. The molecule has 0 aliphatic heterocycles. The lowest BCUT2D eigenvalue weighted by atomic mass is 10.2. The van der Waals surface area contributed by atoms with Crippen LogP contribution in [-0.2, 0) is 0 Å². The van der Waals surface area contributed by atoms with Crippen LogP contribution in [0.25, 0.3) is 0 Å². The molecule has 0 saturated carbocycles. The van der Waals surface area contributed by atoms with E-state index >= 15 is 0 Å². The van der Waals surface area contributed by atoms with Crippen LogP contribution in [0.5, 0.6) is 11.5 Å². The number of nitrogens with one attached hydrogen (secondary N) is 1. The summed E-state index contributed by atoms with van der Waals surface area (Å²) in [5, 5.41) is 7.25. The number of rotatable bonds is 3. The van der Waals surface area contributed by atoms with Gasteiger partial charge in [0.05, 0.1) is 14.2 Å². The van der Waals surface area contributed by atoms with E-state index in [0.717, 1.165) is 0 Å². The van der Waals surface area contributed by atoms with E-state index in [1.54, 1.807) is 32.4 Å². The number of hydrogen-bond donors (Lipinski definition) is 2. The van der Waals surface area contributed by atoms with E-state index in [4.69, 9.17) is 20.6 Å². The number of benzene rings is 1. The van der Waals surface area contributed by atoms with Gasteiger partial charge in [-0.3, -0.25) is 5.41 Å². The van der Waals surface area contributed by atoms with Gasteiger partial charge in [-0.15, -0.1) is 12.4 Å². The van der Waals surface area contributed by atoms with Gasteiger partial charge in [0.2, 0.25) is 0 Å². The maximum Gasteiger partial charge on any atom is 0.123 e. The molecular formula is C9H13ClN2O2. The summed E-state index contributed by atoms with van der Waals surface area (Å²) < 4.78 is 10.0. The van der Waals surface area contributed by atoms with E-state index < -0.39 is 0 Å². The fourth-order valence-electron chi connectivity index (χ4n) is 0.963. The third kappa shape index (κ3) is 2.81. The Balaban J connectivity index is 0.00000169. The summed E-state index contributed by atoms with van der Waals surface area (Å²) in [6.45, 7) is 0. The zero-order valence-electron chi connectivity index (χ0n) is 8.03. The van der Waals surface area contributed by atoms with E-state index in [0.29, 0.717) is 17.1 Å². The van der Waals surface area contributed by atoms with Crippen LogP contribution >= 0.6 is 12.4 Å². The molecule has 0 aliphatic carbocycles. The van der Waals surface area contributed by atoms with Gasteiger partial charge in [0.1, 0.15) is 17.3 Å². The standard InChI is InChI=1S/C9H12N2O2.ClH/c1-12-7-3-6(9(10)11)4-8(5-7)13-2;/h3-5H,1-2H3,(H3,10,11);1H. The number of hydrogen-bond acceptors (Lipinski definition) is 3. The fraction of sp³-hybridized carbons (Fsp3) is 0.222. The molecule has 1 aromatic rings. The molecule has 0 heterocycles. The Morgan fingerprint density at radius 2 is 1.57 bits per heavy atom. The predicted octanol–water partition coefficient (Wildman–Crippen LogP) is 1.41. The largest absolute Gasteiger partial charge is 0.497 e. The summed E-state index contributed by atoms with van der Waals surface area (Å²) in [7, 11) is 3.11. The SMILES string of the molecule is COc1cc(OC)cc(C(=N)N)c1.Cl. The highest BCUT2D eigenvalue weighted by atomic mass is 35.5. The van der Waals surface area contributed by atoms with E-state index in [-0.39, 0.29) is 18.2 Å². The molecule has 0 spiro atoms. The molecule has 0 amide bonds. The van der Waals surface area contributed by atoms with Crippen LogP contribution in [0.2, 0.25) is 0 Å². The minimum atomic E-state index is -0.00259. The molecule has 1 aromatic carbocycles. The van der Waals surface area contributed by atoms with Gasteiger partial charge in [-0.05, 0) is 12.1 Å². The third-order valence-corrected chi connectivity index (χ3v) is 1.66. The normalized spacial score (nSPS) is 8.71. The Bertz CT molecular complexity index is 306. The van der Waals surface area contributed by atoms with Crippen molar-refractivity contribution >= 4 is 18.2 Å². The van der Waals surface area contributed by atoms with Gasteiger partial charge < -0.3 is 15.2 Å².